The summed E-state index contributed by atoms with van der Waals surface area (Å²) in [5, 5.41) is 16.8. The molecule has 2 atom stereocenters. The second kappa shape index (κ2) is 10.2. The van der Waals surface area contributed by atoms with Gasteiger partial charge in [0.1, 0.15) is 5.69 Å². The number of thioether (sulfide) groups is 1. The van der Waals surface area contributed by atoms with E-state index in [2.05, 4.69) is 14.9 Å². The van der Waals surface area contributed by atoms with Gasteiger partial charge in [0.15, 0.2) is 23.2 Å². The van der Waals surface area contributed by atoms with Gasteiger partial charge in [0, 0.05) is 36.9 Å². The molecule has 2 fully saturated rings. The lowest BCUT2D eigenvalue weighted by Gasteiger charge is -2.22. The van der Waals surface area contributed by atoms with E-state index in [0.717, 1.165) is 44.3 Å². The molecule has 5 rings (SSSR count). The van der Waals surface area contributed by atoms with Gasteiger partial charge in [0.05, 0.1) is 11.4 Å². The fourth-order valence-corrected chi connectivity index (χ4v) is 6.02. The SMILES string of the molecule is Cc1ncoc1C(=N)N(C)C(=N)SCCCN1CC2CC2(c2ccc(-c3cccc(C(F)(F)F)n3)cc2)C1. The van der Waals surface area contributed by atoms with Crippen molar-refractivity contribution in [3.8, 4) is 11.3 Å². The minimum Gasteiger partial charge on any atom is -0.440 e. The normalized spacial score (nSPS) is 20.8. The van der Waals surface area contributed by atoms with Crippen molar-refractivity contribution in [1.29, 1.82) is 10.8 Å². The molecule has 2 N–H and O–H groups in total. The Labute approximate surface area is 223 Å². The molecule has 0 radical (unpaired) electrons. The number of alkyl halides is 3. The Hall–Kier alpha value is -3.18. The standard InChI is InChI=1S/C27H29F3N6OS/c1-17-23(37-16-33-17)24(31)35(2)25(32)38-12-4-11-36-14-20-13-26(20,15-36)19-9-7-18(8-10-19)21-5-3-6-22(34-21)27(28,29)30/h3,5-10,16,20,31-32H,4,11-15H2,1-2H3. The first kappa shape index (κ1) is 26.4. The molecule has 7 nitrogen and oxygen atoms in total. The van der Waals surface area contributed by atoms with Crippen molar-refractivity contribution in [3.63, 3.8) is 0 Å². The Morgan fingerprint density at radius 3 is 2.66 bits per heavy atom. The highest BCUT2D eigenvalue weighted by Crippen LogP contribution is 2.59. The van der Waals surface area contributed by atoms with Crippen LogP contribution in [-0.2, 0) is 11.6 Å². The van der Waals surface area contributed by atoms with E-state index in [0.29, 0.717) is 33.8 Å². The molecule has 3 heterocycles. The third-order valence-corrected chi connectivity index (χ3v) is 8.51. The van der Waals surface area contributed by atoms with E-state index in [-0.39, 0.29) is 11.3 Å². The third kappa shape index (κ3) is 5.22. The molecule has 2 unspecified atom stereocenters. The highest BCUT2D eigenvalue weighted by atomic mass is 32.2. The summed E-state index contributed by atoms with van der Waals surface area (Å²) in [6.07, 6.45) is -1.09. The minimum atomic E-state index is -4.46. The first-order valence-electron chi connectivity index (χ1n) is 12.4. The van der Waals surface area contributed by atoms with Crippen molar-refractivity contribution in [3.05, 3.63) is 71.6 Å². The topological polar surface area (TPSA) is 93.1 Å². The zero-order valence-corrected chi connectivity index (χ0v) is 22.0. The molecule has 3 aromatic rings. The van der Waals surface area contributed by atoms with Gasteiger partial charge < -0.3 is 14.2 Å². The lowest BCUT2D eigenvalue weighted by Crippen LogP contribution is -2.31. The summed E-state index contributed by atoms with van der Waals surface area (Å²) in [5.74, 6) is 1.87. The summed E-state index contributed by atoms with van der Waals surface area (Å²) in [5.41, 5.74) is 2.12. The summed E-state index contributed by atoms with van der Waals surface area (Å²) < 4.78 is 44.4. The van der Waals surface area contributed by atoms with E-state index in [1.807, 2.05) is 24.3 Å². The number of likely N-dealkylation sites (tertiary alicyclic amines) is 1. The number of rotatable bonds is 7. The van der Waals surface area contributed by atoms with Crippen molar-refractivity contribution in [1.82, 2.24) is 19.8 Å². The lowest BCUT2D eigenvalue weighted by atomic mass is 9.93. The Kier molecular flexibility index (Phi) is 7.08. The molecule has 2 aromatic heterocycles. The highest BCUT2D eigenvalue weighted by molar-refractivity contribution is 8.13. The van der Waals surface area contributed by atoms with Crippen LogP contribution < -0.4 is 0 Å². The van der Waals surface area contributed by atoms with Crippen LogP contribution in [0.25, 0.3) is 11.3 Å². The van der Waals surface area contributed by atoms with Gasteiger partial charge in [-0.15, -0.1) is 0 Å². The Balaban J connectivity index is 1.11. The summed E-state index contributed by atoms with van der Waals surface area (Å²) in [7, 11) is 1.69. The molecule has 1 aromatic carbocycles. The van der Waals surface area contributed by atoms with Gasteiger partial charge in [-0.05, 0) is 49.9 Å². The number of nitrogens with zero attached hydrogens (tertiary/aromatic N) is 4. The molecule has 0 bridgehead atoms. The molecular formula is C27H29F3N6OS. The third-order valence-electron chi connectivity index (χ3n) is 7.47. The van der Waals surface area contributed by atoms with Gasteiger partial charge in [-0.2, -0.15) is 13.2 Å². The zero-order valence-electron chi connectivity index (χ0n) is 21.2. The van der Waals surface area contributed by atoms with Crippen LogP contribution in [0.3, 0.4) is 0 Å². The predicted molar refractivity (Wildman–Crippen MR) is 142 cm³/mol. The average Bonchev–Trinajstić information content (AvgIpc) is 3.22. The van der Waals surface area contributed by atoms with Gasteiger partial charge >= 0.3 is 6.18 Å². The average molecular weight is 543 g/mol. The second-order valence-electron chi connectivity index (χ2n) is 9.96. The highest BCUT2D eigenvalue weighted by Gasteiger charge is 2.60. The van der Waals surface area contributed by atoms with Crippen molar-refractivity contribution in [2.45, 2.75) is 31.4 Å². The van der Waals surface area contributed by atoms with E-state index in [4.69, 9.17) is 15.2 Å². The summed E-state index contributed by atoms with van der Waals surface area (Å²) in [6, 6.07) is 11.8. The van der Waals surface area contributed by atoms with Crippen LogP contribution in [0.2, 0.25) is 0 Å². The number of halogens is 3. The second-order valence-corrected chi connectivity index (χ2v) is 11.0. The number of amidine groups is 2. The number of aromatic nitrogens is 2. The number of hydrogen-bond donors (Lipinski definition) is 2. The number of hydrogen-bond acceptors (Lipinski definition) is 7. The van der Waals surface area contributed by atoms with Gasteiger partial charge in [-0.25, -0.2) is 9.97 Å². The van der Waals surface area contributed by atoms with E-state index < -0.39 is 11.9 Å². The number of fused-ring (bicyclic) bond motifs is 1. The molecule has 200 valence electrons. The number of oxazole rings is 1. The molecule has 38 heavy (non-hydrogen) atoms. The smallest absolute Gasteiger partial charge is 0.433 e. The number of nitrogens with one attached hydrogen (secondary N) is 2. The molecule has 1 aliphatic heterocycles. The van der Waals surface area contributed by atoms with E-state index >= 15 is 0 Å². The largest absolute Gasteiger partial charge is 0.440 e. The summed E-state index contributed by atoms with van der Waals surface area (Å²) >= 11 is 1.41. The molecule has 11 heteroatoms. The monoisotopic (exact) mass is 542 g/mol. The first-order chi connectivity index (χ1) is 18.1. The quantitative estimate of drug-likeness (QED) is 0.228. The van der Waals surface area contributed by atoms with Crippen molar-refractivity contribution < 1.29 is 17.6 Å². The zero-order chi connectivity index (χ0) is 27.1. The summed E-state index contributed by atoms with van der Waals surface area (Å²) in [6.45, 7) is 4.71. The van der Waals surface area contributed by atoms with Crippen LogP contribution in [-0.4, -0.2) is 63.2 Å². The maximum absolute atomic E-state index is 13.0. The van der Waals surface area contributed by atoms with Crippen LogP contribution in [0, 0.1) is 23.7 Å². The minimum absolute atomic E-state index is 0.119. The molecular weight excluding hydrogens is 513 g/mol. The molecule has 1 aliphatic carbocycles. The van der Waals surface area contributed by atoms with Gasteiger partial charge in [-0.3, -0.25) is 10.8 Å². The maximum atomic E-state index is 13.0. The predicted octanol–water partition coefficient (Wildman–Crippen LogP) is 5.65. The molecule has 0 amide bonds. The first-order valence-corrected chi connectivity index (χ1v) is 13.4. The van der Waals surface area contributed by atoms with Crippen molar-refractivity contribution in [2.75, 3.05) is 32.4 Å². The number of aryl methyl sites for hydroxylation is 1. The van der Waals surface area contributed by atoms with E-state index in [1.165, 1.54) is 34.7 Å². The number of benzene rings is 1. The van der Waals surface area contributed by atoms with E-state index in [9.17, 15) is 13.2 Å². The van der Waals surface area contributed by atoms with Crippen LogP contribution in [0.5, 0.6) is 0 Å². The van der Waals surface area contributed by atoms with Gasteiger partial charge in [0.2, 0.25) is 0 Å². The van der Waals surface area contributed by atoms with Crippen LogP contribution in [0.15, 0.2) is 53.3 Å². The Morgan fingerprint density at radius 1 is 1.21 bits per heavy atom. The lowest BCUT2D eigenvalue weighted by molar-refractivity contribution is -0.141. The maximum Gasteiger partial charge on any atom is 0.433 e. The van der Waals surface area contributed by atoms with E-state index in [1.54, 1.807) is 20.0 Å². The Bertz CT molecular complexity index is 1340. The fourth-order valence-electron chi connectivity index (χ4n) is 5.27. The molecule has 1 saturated carbocycles. The Morgan fingerprint density at radius 2 is 1.97 bits per heavy atom. The van der Waals surface area contributed by atoms with Gasteiger partial charge in [0.25, 0.3) is 0 Å². The number of pyridine rings is 1. The van der Waals surface area contributed by atoms with Crippen LogP contribution >= 0.6 is 11.8 Å². The summed E-state index contributed by atoms with van der Waals surface area (Å²) in [4.78, 5) is 11.8. The molecule has 2 aliphatic rings. The van der Waals surface area contributed by atoms with Crippen molar-refractivity contribution >= 4 is 22.8 Å². The van der Waals surface area contributed by atoms with Gasteiger partial charge in [-0.1, -0.05) is 42.1 Å². The van der Waals surface area contributed by atoms with Crippen molar-refractivity contribution in [2.24, 2.45) is 5.92 Å². The molecule has 0 spiro atoms. The fraction of sp³-hybridized carbons (Fsp3) is 0.407. The number of piperidine rings is 1. The van der Waals surface area contributed by atoms with Crippen LogP contribution in [0.4, 0.5) is 13.2 Å². The molecule has 1 saturated heterocycles. The van der Waals surface area contributed by atoms with Crippen LogP contribution in [0.1, 0.15) is 35.6 Å².